The third kappa shape index (κ3) is 5.85. The molecule has 2 saturated carbocycles. The molecule has 1 atom stereocenters. The van der Waals surface area contributed by atoms with Gasteiger partial charge in [0.2, 0.25) is 0 Å². The van der Waals surface area contributed by atoms with E-state index in [4.69, 9.17) is 18.9 Å². The van der Waals surface area contributed by atoms with Crippen LogP contribution in [0.25, 0.3) is 0 Å². The molecule has 1 heterocycles. The van der Waals surface area contributed by atoms with Gasteiger partial charge < -0.3 is 18.9 Å². The van der Waals surface area contributed by atoms with Crippen LogP contribution in [-0.2, 0) is 18.9 Å². The maximum absolute atomic E-state index is 5.97. The Hall–Kier alpha value is -0.160. The van der Waals surface area contributed by atoms with Gasteiger partial charge in [0, 0.05) is 18.6 Å². The van der Waals surface area contributed by atoms with Crippen molar-refractivity contribution >= 4 is 0 Å². The van der Waals surface area contributed by atoms with Gasteiger partial charge in [-0.1, -0.05) is 6.92 Å². The van der Waals surface area contributed by atoms with Gasteiger partial charge >= 0.3 is 0 Å². The molecule has 1 unspecified atom stereocenters. The predicted molar refractivity (Wildman–Crippen MR) is 80.4 cm³/mol. The number of ether oxygens (including phenoxy) is 4. The van der Waals surface area contributed by atoms with Crippen LogP contribution in [0.15, 0.2) is 0 Å². The van der Waals surface area contributed by atoms with Crippen molar-refractivity contribution in [2.45, 2.75) is 45.1 Å². The van der Waals surface area contributed by atoms with Crippen molar-refractivity contribution in [1.29, 1.82) is 0 Å². The van der Waals surface area contributed by atoms with Crippen LogP contribution in [0.3, 0.4) is 0 Å². The average molecular weight is 298 g/mol. The summed E-state index contributed by atoms with van der Waals surface area (Å²) >= 11 is 0. The molecule has 3 aliphatic rings. The number of rotatable bonds is 13. The Morgan fingerprint density at radius 2 is 1.33 bits per heavy atom. The van der Waals surface area contributed by atoms with Crippen molar-refractivity contribution in [3.63, 3.8) is 0 Å². The van der Waals surface area contributed by atoms with Gasteiger partial charge in [0.25, 0.3) is 0 Å². The highest BCUT2D eigenvalue weighted by molar-refractivity contribution is 4.81. The monoisotopic (exact) mass is 298 g/mol. The molecule has 0 radical (unpaired) electrons. The Balaban J connectivity index is 1.41. The van der Waals surface area contributed by atoms with Crippen molar-refractivity contribution in [3.8, 4) is 0 Å². The number of epoxide rings is 1. The van der Waals surface area contributed by atoms with E-state index in [1.807, 2.05) is 0 Å². The highest BCUT2D eigenvalue weighted by atomic mass is 16.6. The average Bonchev–Trinajstić information content (AvgIpc) is 3.34. The van der Waals surface area contributed by atoms with Crippen molar-refractivity contribution in [3.05, 3.63) is 0 Å². The summed E-state index contributed by atoms with van der Waals surface area (Å²) in [5.74, 6) is 1.63. The zero-order chi connectivity index (χ0) is 14.5. The number of hydrogen-bond donors (Lipinski definition) is 0. The normalized spacial score (nSPS) is 25.3. The molecule has 0 aromatic rings. The molecule has 0 bridgehead atoms. The molecule has 0 N–H and O–H groups in total. The van der Waals surface area contributed by atoms with Crippen LogP contribution in [0.5, 0.6) is 0 Å². The number of hydrogen-bond acceptors (Lipinski definition) is 4. The molecule has 0 aromatic heterocycles. The largest absolute Gasteiger partial charge is 0.380 e. The van der Waals surface area contributed by atoms with Crippen LogP contribution in [0.1, 0.15) is 39.0 Å². The Morgan fingerprint density at radius 3 is 1.71 bits per heavy atom. The van der Waals surface area contributed by atoms with Crippen LogP contribution >= 0.6 is 0 Å². The van der Waals surface area contributed by atoms with Gasteiger partial charge in [0.05, 0.1) is 33.0 Å². The zero-order valence-corrected chi connectivity index (χ0v) is 13.4. The maximum atomic E-state index is 5.97. The van der Waals surface area contributed by atoms with E-state index in [2.05, 4.69) is 6.92 Å². The van der Waals surface area contributed by atoms with Gasteiger partial charge in [-0.25, -0.2) is 0 Å². The summed E-state index contributed by atoms with van der Waals surface area (Å²) in [5, 5.41) is 0. The molecular weight excluding hydrogens is 268 g/mol. The highest BCUT2D eigenvalue weighted by Gasteiger charge is 2.33. The third-order valence-electron chi connectivity index (χ3n) is 4.78. The quantitative estimate of drug-likeness (QED) is 0.490. The fourth-order valence-corrected chi connectivity index (χ4v) is 2.46. The zero-order valence-electron chi connectivity index (χ0n) is 13.4. The van der Waals surface area contributed by atoms with E-state index in [1.54, 1.807) is 0 Å². The van der Waals surface area contributed by atoms with E-state index in [-0.39, 0.29) is 5.41 Å². The Bertz CT molecular complexity index is 262. The molecule has 122 valence electrons. The lowest BCUT2D eigenvalue weighted by molar-refractivity contribution is -0.0759. The molecule has 3 rings (SSSR count). The molecule has 0 aromatic carbocycles. The molecule has 0 spiro atoms. The fraction of sp³-hybridized carbons (Fsp3) is 1.00. The first-order valence-corrected chi connectivity index (χ1v) is 8.64. The van der Waals surface area contributed by atoms with E-state index in [0.29, 0.717) is 12.7 Å². The SMILES string of the molecule is CCC(COCC1CC1)(COCC1CC1)COCC1CO1. The van der Waals surface area contributed by atoms with Gasteiger partial charge in [0.15, 0.2) is 0 Å². The first-order chi connectivity index (χ1) is 10.3. The van der Waals surface area contributed by atoms with Crippen LogP contribution in [0.4, 0.5) is 0 Å². The van der Waals surface area contributed by atoms with Gasteiger partial charge in [-0.15, -0.1) is 0 Å². The summed E-state index contributed by atoms with van der Waals surface area (Å²) in [4.78, 5) is 0. The van der Waals surface area contributed by atoms with E-state index in [9.17, 15) is 0 Å². The van der Waals surface area contributed by atoms with Crippen LogP contribution in [-0.4, -0.2) is 52.4 Å². The molecule has 2 aliphatic carbocycles. The molecule has 21 heavy (non-hydrogen) atoms. The van der Waals surface area contributed by atoms with Crippen LogP contribution in [0, 0.1) is 17.3 Å². The van der Waals surface area contributed by atoms with Crippen molar-refractivity contribution in [2.24, 2.45) is 17.3 Å². The van der Waals surface area contributed by atoms with Crippen molar-refractivity contribution < 1.29 is 18.9 Å². The summed E-state index contributed by atoms with van der Waals surface area (Å²) in [6.07, 6.45) is 6.73. The first kappa shape index (κ1) is 15.7. The smallest absolute Gasteiger partial charge is 0.104 e. The second-order valence-electron chi connectivity index (χ2n) is 7.24. The van der Waals surface area contributed by atoms with Crippen LogP contribution in [0.2, 0.25) is 0 Å². The molecule has 1 aliphatic heterocycles. The molecule has 0 amide bonds. The Labute approximate surface area is 128 Å². The van der Waals surface area contributed by atoms with Gasteiger partial charge in [-0.3, -0.25) is 0 Å². The topological polar surface area (TPSA) is 40.2 Å². The lowest BCUT2D eigenvalue weighted by Crippen LogP contribution is -2.37. The van der Waals surface area contributed by atoms with E-state index in [1.165, 1.54) is 25.7 Å². The first-order valence-electron chi connectivity index (χ1n) is 8.64. The Morgan fingerprint density at radius 1 is 0.857 bits per heavy atom. The van der Waals surface area contributed by atoms with Gasteiger partial charge in [0.1, 0.15) is 6.10 Å². The van der Waals surface area contributed by atoms with Crippen molar-refractivity contribution in [1.82, 2.24) is 0 Å². The molecule has 1 saturated heterocycles. The minimum Gasteiger partial charge on any atom is -0.380 e. The van der Waals surface area contributed by atoms with Gasteiger partial charge in [-0.05, 0) is 43.9 Å². The lowest BCUT2D eigenvalue weighted by atomic mass is 9.88. The highest BCUT2D eigenvalue weighted by Crippen LogP contribution is 2.32. The summed E-state index contributed by atoms with van der Waals surface area (Å²) in [6, 6.07) is 0. The van der Waals surface area contributed by atoms with E-state index >= 15 is 0 Å². The van der Waals surface area contributed by atoms with E-state index in [0.717, 1.165) is 57.9 Å². The molecular formula is C17H30O4. The molecule has 4 heteroatoms. The van der Waals surface area contributed by atoms with Crippen molar-refractivity contribution in [2.75, 3.05) is 46.2 Å². The molecule has 4 nitrogen and oxygen atoms in total. The molecule has 3 fully saturated rings. The van der Waals surface area contributed by atoms with E-state index < -0.39 is 0 Å². The van der Waals surface area contributed by atoms with Gasteiger partial charge in [-0.2, -0.15) is 0 Å². The minimum absolute atomic E-state index is 0.0126. The van der Waals surface area contributed by atoms with Crippen LogP contribution < -0.4 is 0 Å². The standard InChI is InChI=1S/C17H30O4/c1-2-17(11-18-7-14-3-4-14,12-19-8-15-5-6-15)13-20-9-16-10-21-16/h14-16H,2-13H2,1H3. The second-order valence-corrected chi connectivity index (χ2v) is 7.24. The summed E-state index contributed by atoms with van der Waals surface area (Å²) in [5.41, 5.74) is 0.0126. The summed E-state index contributed by atoms with van der Waals surface area (Å²) in [6.45, 7) is 7.86. The Kier molecular flexibility index (Phi) is 5.54. The maximum Gasteiger partial charge on any atom is 0.104 e. The summed E-state index contributed by atoms with van der Waals surface area (Å²) in [7, 11) is 0. The summed E-state index contributed by atoms with van der Waals surface area (Å²) < 4.78 is 23.0. The lowest BCUT2D eigenvalue weighted by Gasteiger charge is -2.32. The second kappa shape index (κ2) is 7.40. The minimum atomic E-state index is 0.0126. The predicted octanol–water partition coefficient (Wildman–Crippen LogP) is 2.65. The fourth-order valence-electron chi connectivity index (χ4n) is 2.46. The third-order valence-corrected chi connectivity index (χ3v) is 4.78.